The van der Waals surface area contributed by atoms with Crippen LogP contribution in [0.1, 0.15) is 36.4 Å². The Hall–Kier alpha value is -0.450. The molecule has 0 amide bonds. The van der Waals surface area contributed by atoms with Crippen LogP contribution in [0.3, 0.4) is 0 Å². The van der Waals surface area contributed by atoms with E-state index in [1.807, 2.05) is 0 Å². The molecule has 90 valence electrons. The zero-order chi connectivity index (χ0) is 11.4. The molecule has 1 unspecified atom stereocenters. The van der Waals surface area contributed by atoms with E-state index in [1.54, 1.807) is 11.3 Å². The van der Waals surface area contributed by atoms with Crippen molar-refractivity contribution in [2.45, 2.75) is 32.1 Å². The van der Waals surface area contributed by atoms with Crippen molar-refractivity contribution in [2.24, 2.45) is 0 Å². The van der Waals surface area contributed by atoms with E-state index in [1.165, 1.54) is 24.4 Å². The molecule has 1 aromatic rings. The fourth-order valence-corrected chi connectivity index (χ4v) is 3.27. The van der Waals surface area contributed by atoms with Crippen LogP contribution in [0.4, 0.5) is 0 Å². The van der Waals surface area contributed by atoms with E-state index in [4.69, 9.17) is 5.11 Å². The summed E-state index contributed by atoms with van der Waals surface area (Å²) in [6.07, 6.45) is 3.25. The van der Waals surface area contributed by atoms with Crippen molar-refractivity contribution in [2.75, 3.05) is 26.2 Å². The van der Waals surface area contributed by atoms with Crippen molar-refractivity contribution in [3.8, 4) is 0 Å². The van der Waals surface area contributed by atoms with Crippen LogP contribution in [0.15, 0.2) is 5.38 Å². The van der Waals surface area contributed by atoms with Gasteiger partial charge in [0.1, 0.15) is 0 Å². The van der Waals surface area contributed by atoms with Gasteiger partial charge in [-0.2, -0.15) is 0 Å². The second-order valence-electron chi connectivity index (χ2n) is 4.38. The van der Waals surface area contributed by atoms with Gasteiger partial charge in [-0.3, -0.25) is 0 Å². The van der Waals surface area contributed by atoms with Gasteiger partial charge in [-0.15, -0.1) is 11.3 Å². The predicted octanol–water partition coefficient (Wildman–Crippen LogP) is 1.88. The maximum atomic E-state index is 8.88. The summed E-state index contributed by atoms with van der Waals surface area (Å²) in [5, 5.41) is 12.2. The van der Waals surface area contributed by atoms with Gasteiger partial charge >= 0.3 is 0 Å². The molecule has 1 aromatic heterocycles. The highest BCUT2D eigenvalue weighted by atomic mass is 32.1. The molecule has 2 rings (SSSR count). The van der Waals surface area contributed by atoms with Gasteiger partial charge in [0.25, 0.3) is 0 Å². The van der Waals surface area contributed by atoms with Gasteiger partial charge in [-0.05, 0) is 25.9 Å². The summed E-state index contributed by atoms with van der Waals surface area (Å²) >= 11 is 1.76. The Morgan fingerprint density at radius 3 is 3.25 bits per heavy atom. The number of aliphatic hydroxyl groups is 1. The third kappa shape index (κ3) is 2.81. The lowest BCUT2D eigenvalue weighted by molar-refractivity contribution is 0.217. The first-order valence-corrected chi connectivity index (χ1v) is 6.99. The number of hydrogen-bond acceptors (Lipinski definition) is 4. The van der Waals surface area contributed by atoms with Crippen LogP contribution < -0.4 is 0 Å². The number of likely N-dealkylation sites (N-methyl/N-ethyl adjacent to an activating group) is 1. The fourth-order valence-electron chi connectivity index (χ4n) is 2.28. The number of piperidine rings is 1. The Bertz CT molecular complexity index is 327. The second kappa shape index (κ2) is 5.75. The molecule has 1 N–H and O–H groups in total. The number of likely N-dealkylation sites (tertiary alicyclic amines) is 1. The Morgan fingerprint density at radius 2 is 2.50 bits per heavy atom. The van der Waals surface area contributed by atoms with Crippen LogP contribution >= 0.6 is 11.3 Å². The molecule has 1 fully saturated rings. The Labute approximate surface area is 101 Å². The van der Waals surface area contributed by atoms with Crippen LogP contribution in [-0.2, 0) is 6.42 Å². The molecule has 16 heavy (non-hydrogen) atoms. The summed E-state index contributed by atoms with van der Waals surface area (Å²) < 4.78 is 0. The second-order valence-corrected chi connectivity index (χ2v) is 5.27. The van der Waals surface area contributed by atoms with E-state index in [2.05, 4.69) is 22.2 Å². The first kappa shape index (κ1) is 12.0. The fraction of sp³-hybridized carbons (Fsp3) is 0.750. The SMILES string of the molecule is CCN1CCCC(c2nc(CCO)cs2)C1. The molecular formula is C12H20N2OS. The highest BCUT2D eigenvalue weighted by molar-refractivity contribution is 7.09. The molecule has 0 spiro atoms. The topological polar surface area (TPSA) is 36.4 Å². The molecule has 1 aliphatic rings. The van der Waals surface area contributed by atoms with Gasteiger partial charge in [0.05, 0.1) is 10.7 Å². The summed E-state index contributed by atoms with van der Waals surface area (Å²) in [4.78, 5) is 7.13. The molecule has 0 radical (unpaired) electrons. The quantitative estimate of drug-likeness (QED) is 0.873. The average molecular weight is 240 g/mol. The van der Waals surface area contributed by atoms with Crippen molar-refractivity contribution >= 4 is 11.3 Å². The summed E-state index contributed by atoms with van der Waals surface area (Å²) in [5.74, 6) is 0.617. The average Bonchev–Trinajstić information content (AvgIpc) is 2.78. The number of thiazole rings is 1. The molecule has 0 aromatic carbocycles. The summed E-state index contributed by atoms with van der Waals surface area (Å²) in [7, 11) is 0. The lowest BCUT2D eigenvalue weighted by Gasteiger charge is -2.30. The minimum absolute atomic E-state index is 0.203. The molecule has 0 bridgehead atoms. The van der Waals surface area contributed by atoms with E-state index in [0.29, 0.717) is 12.3 Å². The normalized spacial score (nSPS) is 22.5. The van der Waals surface area contributed by atoms with Crippen LogP contribution in [0.2, 0.25) is 0 Å². The molecule has 0 aliphatic carbocycles. The van der Waals surface area contributed by atoms with Gasteiger partial charge in [0, 0.05) is 30.9 Å². The van der Waals surface area contributed by atoms with Gasteiger partial charge < -0.3 is 10.0 Å². The van der Waals surface area contributed by atoms with Crippen LogP contribution in [0.5, 0.6) is 0 Å². The number of nitrogens with zero attached hydrogens (tertiary/aromatic N) is 2. The van der Waals surface area contributed by atoms with E-state index in [0.717, 1.165) is 18.8 Å². The first-order valence-electron chi connectivity index (χ1n) is 6.11. The summed E-state index contributed by atoms with van der Waals surface area (Å²) in [6.45, 7) is 5.96. The number of aromatic nitrogens is 1. The first-order chi connectivity index (χ1) is 7.83. The number of hydrogen-bond donors (Lipinski definition) is 1. The minimum Gasteiger partial charge on any atom is -0.396 e. The smallest absolute Gasteiger partial charge is 0.0972 e. The molecule has 3 nitrogen and oxygen atoms in total. The molecular weight excluding hydrogens is 220 g/mol. The highest BCUT2D eigenvalue weighted by Crippen LogP contribution is 2.29. The Balaban J connectivity index is 1.99. The van der Waals surface area contributed by atoms with E-state index in [-0.39, 0.29) is 6.61 Å². The van der Waals surface area contributed by atoms with E-state index >= 15 is 0 Å². The third-order valence-electron chi connectivity index (χ3n) is 3.24. The van der Waals surface area contributed by atoms with Gasteiger partial charge in [-0.1, -0.05) is 6.92 Å². The van der Waals surface area contributed by atoms with Crippen molar-refractivity contribution < 1.29 is 5.11 Å². The number of rotatable bonds is 4. The molecule has 2 heterocycles. The van der Waals surface area contributed by atoms with Crippen LogP contribution in [0.25, 0.3) is 0 Å². The Morgan fingerprint density at radius 1 is 1.62 bits per heavy atom. The lowest BCUT2D eigenvalue weighted by Crippen LogP contribution is -2.34. The van der Waals surface area contributed by atoms with E-state index in [9.17, 15) is 0 Å². The zero-order valence-electron chi connectivity index (χ0n) is 9.85. The minimum atomic E-state index is 0.203. The van der Waals surface area contributed by atoms with E-state index < -0.39 is 0 Å². The maximum absolute atomic E-state index is 8.88. The van der Waals surface area contributed by atoms with Gasteiger partial charge in [-0.25, -0.2) is 4.98 Å². The molecule has 0 saturated carbocycles. The lowest BCUT2D eigenvalue weighted by atomic mass is 9.99. The van der Waals surface area contributed by atoms with Gasteiger partial charge in [0.15, 0.2) is 0 Å². The molecule has 4 heteroatoms. The Kier molecular flexibility index (Phi) is 4.32. The maximum Gasteiger partial charge on any atom is 0.0972 e. The molecule has 1 atom stereocenters. The molecule has 1 saturated heterocycles. The predicted molar refractivity (Wildman–Crippen MR) is 67.0 cm³/mol. The monoisotopic (exact) mass is 240 g/mol. The van der Waals surface area contributed by atoms with Crippen molar-refractivity contribution in [3.05, 3.63) is 16.1 Å². The molecule has 1 aliphatic heterocycles. The van der Waals surface area contributed by atoms with Gasteiger partial charge in [0.2, 0.25) is 0 Å². The van der Waals surface area contributed by atoms with Crippen LogP contribution in [0, 0.1) is 0 Å². The van der Waals surface area contributed by atoms with Crippen LogP contribution in [-0.4, -0.2) is 41.2 Å². The number of aliphatic hydroxyl groups excluding tert-OH is 1. The van der Waals surface area contributed by atoms with Crippen molar-refractivity contribution in [1.82, 2.24) is 9.88 Å². The van der Waals surface area contributed by atoms with Crippen molar-refractivity contribution in [3.63, 3.8) is 0 Å². The standard InChI is InChI=1S/C12H20N2OS/c1-2-14-6-3-4-10(8-14)12-13-11(5-7-15)9-16-12/h9-10,15H,2-8H2,1H3. The zero-order valence-corrected chi connectivity index (χ0v) is 10.7. The highest BCUT2D eigenvalue weighted by Gasteiger charge is 2.22. The van der Waals surface area contributed by atoms with Crippen molar-refractivity contribution in [1.29, 1.82) is 0 Å². The third-order valence-corrected chi connectivity index (χ3v) is 4.30. The summed E-state index contributed by atoms with van der Waals surface area (Å²) in [5.41, 5.74) is 1.05. The summed E-state index contributed by atoms with van der Waals surface area (Å²) in [6, 6.07) is 0. The largest absolute Gasteiger partial charge is 0.396 e.